The second kappa shape index (κ2) is 10.3. The molecular formula is C24H21FN2O5S. The van der Waals surface area contributed by atoms with E-state index in [9.17, 15) is 18.8 Å². The van der Waals surface area contributed by atoms with Gasteiger partial charge >= 0.3 is 5.97 Å². The van der Waals surface area contributed by atoms with E-state index < -0.39 is 12.6 Å². The van der Waals surface area contributed by atoms with Gasteiger partial charge in [-0.15, -0.1) is 11.3 Å². The first-order valence-corrected chi connectivity index (χ1v) is 11.2. The minimum Gasteiger partial charge on any atom is -0.459 e. The van der Waals surface area contributed by atoms with E-state index >= 15 is 0 Å². The first-order valence-electron chi connectivity index (χ1n) is 10.3. The molecule has 170 valence electrons. The molecule has 1 aliphatic heterocycles. The van der Waals surface area contributed by atoms with Crippen LogP contribution in [0.1, 0.15) is 21.0 Å². The van der Waals surface area contributed by atoms with Crippen LogP contribution >= 0.6 is 11.3 Å². The van der Waals surface area contributed by atoms with E-state index in [1.165, 1.54) is 29.7 Å². The molecule has 3 aromatic rings. The van der Waals surface area contributed by atoms with Gasteiger partial charge < -0.3 is 19.0 Å². The number of piperazine rings is 1. The zero-order valence-corrected chi connectivity index (χ0v) is 18.4. The molecule has 9 heteroatoms. The van der Waals surface area contributed by atoms with E-state index in [2.05, 4.69) is 0 Å². The van der Waals surface area contributed by atoms with Crippen LogP contribution in [0.15, 0.2) is 64.6 Å². The quantitative estimate of drug-likeness (QED) is 0.408. The van der Waals surface area contributed by atoms with Crippen LogP contribution in [0.5, 0.6) is 0 Å². The predicted molar refractivity (Wildman–Crippen MR) is 121 cm³/mol. The number of halogens is 1. The first kappa shape index (κ1) is 22.5. The van der Waals surface area contributed by atoms with Crippen molar-refractivity contribution in [3.05, 3.63) is 82.2 Å². The number of benzene rings is 1. The van der Waals surface area contributed by atoms with Crippen molar-refractivity contribution in [1.29, 1.82) is 0 Å². The van der Waals surface area contributed by atoms with Gasteiger partial charge in [0, 0.05) is 31.1 Å². The summed E-state index contributed by atoms with van der Waals surface area (Å²) in [6.45, 7) is 1.00. The van der Waals surface area contributed by atoms with Gasteiger partial charge in [0.2, 0.25) is 0 Å². The van der Waals surface area contributed by atoms with E-state index in [1.54, 1.807) is 52.3 Å². The van der Waals surface area contributed by atoms with Crippen LogP contribution in [0, 0.1) is 5.82 Å². The molecule has 3 heterocycles. The molecule has 33 heavy (non-hydrogen) atoms. The van der Waals surface area contributed by atoms with Gasteiger partial charge in [0.25, 0.3) is 11.8 Å². The molecule has 1 fully saturated rings. The van der Waals surface area contributed by atoms with Crippen molar-refractivity contribution in [1.82, 2.24) is 9.80 Å². The summed E-state index contributed by atoms with van der Waals surface area (Å²) in [6, 6.07) is 12.6. The number of thiophene rings is 1. The van der Waals surface area contributed by atoms with Crippen molar-refractivity contribution in [3.63, 3.8) is 0 Å². The van der Waals surface area contributed by atoms with Crippen LogP contribution in [0.25, 0.3) is 11.6 Å². The molecule has 0 spiro atoms. The van der Waals surface area contributed by atoms with Crippen molar-refractivity contribution >= 4 is 40.8 Å². The summed E-state index contributed by atoms with van der Waals surface area (Å²) in [7, 11) is 0. The standard InChI is InChI=1S/C24H21FN2O5S/c25-18-7-5-17(6-8-18)15-19(21-4-2-14-33-21)24(30)32-16-22(28)26-9-11-27(12-10-26)23(29)20-3-1-13-31-20/h1-8,13-15H,9-12,16H2. The average molecular weight is 469 g/mol. The summed E-state index contributed by atoms with van der Waals surface area (Å²) >= 11 is 1.36. The molecule has 0 saturated carbocycles. The molecule has 1 saturated heterocycles. The van der Waals surface area contributed by atoms with Gasteiger partial charge in [-0.25, -0.2) is 9.18 Å². The molecule has 0 aliphatic carbocycles. The Morgan fingerprint density at radius 1 is 1.00 bits per heavy atom. The molecule has 0 radical (unpaired) electrons. The summed E-state index contributed by atoms with van der Waals surface area (Å²) in [5.74, 6) is -1.30. The zero-order valence-electron chi connectivity index (χ0n) is 17.6. The lowest BCUT2D eigenvalue weighted by Gasteiger charge is -2.34. The summed E-state index contributed by atoms with van der Waals surface area (Å²) < 4.78 is 23.7. The third-order valence-electron chi connectivity index (χ3n) is 5.17. The highest BCUT2D eigenvalue weighted by Gasteiger charge is 2.27. The van der Waals surface area contributed by atoms with Crippen LogP contribution in [0.3, 0.4) is 0 Å². The second-order valence-electron chi connectivity index (χ2n) is 7.31. The smallest absolute Gasteiger partial charge is 0.340 e. The van der Waals surface area contributed by atoms with E-state index in [4.69, 9.17) is 9.15 Å². The summed E-state index contributed by atoms with van der Waals surface area (Å²) in [6.07, 6.45) is 3.05. The van der Waals surface area contributed by atoms with Crippen LogP contribution in [0.2, 0.25) is 0 Å². The Balaban J connectivity index is 1.34. The van der Waals surface area contributed by atoms with E-state index in [0.29, 0.717) is 42.2 Å². The minimum absolute atomic E-state index is 0.218. The summed E-state index contributed by atoms with van der Waals surface area (Å²) in [5.41, 5.74) is 0.929. The molecule has 0 unspecified atom stereocenters. The number of carbonyl (C=O) groups is 3. The maximum atomic E-state index is 13.2. The number of furan rings is 1. The number of rotatable bonds is 6. The first-order chi connectivity index (χ1) is 16.0. The van der Waals surface area contributed by atoms with Gasteiger partial charge in [-0.1, -0.05) is 18.2 Å². The molecule has 0 bridgehead atoms. The molecule has 1 aliphatic rings. The van der Waals surface area contributed by atoms with Gasteiger partial charge in [0.15, 0.2) is 12.4 Å². The highest BCUT2D eigenvalue weighted by atomic mass is 32.1. The number of carbonyl (C=O) groups excluding carboxylic acids is 3. The molecule has 2 aromatic heterocycles. The Morgan fingerprint density at radius 2 is 1.73 bits per heavy atom. The van der Waals surface area contributed by atoms with Crippen LogP contribution in [0.4, 0.5) is 4.39 Å². The Labute approximate surface area is 193 Å². The molecule has 0 atom stereocenters. The number of hydrogen-bond donors (Lipinski definition) is 0. The van der Waals surface area contributed by atoms with E-state index in [-0.39, 0.29) is 23.4 Å². The minimum atomic E-state index is -0.637. The topological polar surface area (TPSA) is 80.1 Å². The van der Waals surface area contributed by atoms with Gasteiger partial charge in [-0.3, -0.25) is 9.59 Å². The molecule has 4 rings (SSSR count). The fraction of sp³-hybridized carbons (Fsp3) is 0.208. The van der Waals surface area contributed by atoms with Crippen molar-refractivity contribution < 1.29 is 27.9 Å². The number of ether oxygens (including phenoxy) is 1. The van der Waals surface area contributed by atoms with Crippen LogP contribution in [-0.4, -0.2) is 60.4 Å². The van der Waals surface area contributed by atoms with Crippen LogP contribution < -0.4 is 0 Å². The lowest BCUT2D eigenvalue weighted by molar-refractivity contribution is -0.148. The Kier molecular flexibility index (Phi) is 6.99. The third-order valence-corrected chi connectivity index (χ3v) is 6.07. The van der Waals surface area contributed by atoms with E-state index in [0.717, 1.165) is 0 Å². The van der Waals surface area contributed by atoms with Crippen molar-refractivity contribution in [2.24, 2.45) is 0 Å². The molecule has 2 amide bonds. The van der Waals surface area contributed by atoms with Gasteiger partial charge in [0.1, 0.15) is 5.82 Å². The average Bonchev–Trinajstić information content (AvgIpc) is 3.56. The van der Waals surface area contributed by atoms with E-state index in [1.807, 2.05) is 5.38 Å². The Bertz CT molecular complexity index is 1130. The normalized spacial score (nSPS) is 14.3. The SMILES string of the molecule is O=C(OCC(=O)N1CCN(C(=O)c2ccco2)CC1)C(=Cc1ccc(F)cc1)c1cccs1. The zero-order chi connectivity index (χ0) is 23.2. The lowest BCUT2D eigenvalue weighted by Crippen LogP contribution is -2.51. The van der Waals surface area contributed by atoms with Crippen molar-refractivity contribution in [2.75, 3.05) is 32.8 Å². The van der Waals surface area contributed by atoms with Gasteiger partial charge in [-0.2, -0.15) is 0 Å². The summed E-state index contributed by atoms with van der Waals surface area (Å²) in [5, 5.41) is 1.83. The van der Waals surface area contributed by atoms with Gasteiger partial charge in [-0.05, 0) is 47.4 Å². The largest absolute Gasteiger partial charge is 0.459 e. The third kappa shape index (κ3) is 5.56. The van der Waals surface area contributed by atoms with Crippen molar-refractivity contribution in [2.45, 2.75) is 0 Å². The number of hydrogen-bond acceptors (Lipinski definition) is 6. The van der Waals surface area contributed by atoms with Crippen molar-refractivity contribution in [3.8, 4) is 0 Å². The number of amides is 2. The maximum absolute atomic E-state index is 13.2. The second-order valence-corrected chi connectivity index (χ2v) is 8.26. The highest BCUT2D eigenvalue weighted by Crippen LogP contribution is 2.24. The summed E-state index contributed by atoms with van der Waals surface area (Å²) in [4.78, 5) is 41.6. The van der Waals surface area contributed by atoms with Crippen LogP contribution in [-0.2, 0) is 14.3 Å². The highest BCUT2D eigenvalue weighted by molar-refractivity contribution is 7.11. The monoisotopic (exact) mass is 468 g/mol. The fourth-order valence-corrected chi connectivity index (χ4v) is 4.13. The molecular weight excluding hydrogens is 447 g/mol. The lowest BCUT2D eigenvalue weighted by atomic mass is 10.1. The molecule has 1 aromatic carbocycles. The fourth-order valence-electron chi connectivity index (χ4n) is 3.40. The number of esters is 1. The molecule has 7 nitrogen and oxygen atoms in total. The predicted octanol–water partition coefficient (Wildman–Crippen LogP) is 3.55. The maximum Gasteiger partial charge on any atom is 0.340 e. The molecule has 0 N–H and O–H groups in total. The Morgan fingerprint density at radius 3 is 2.36 bits per heavy atom. The van der Waals surface area contributed by atoms with Gasteiger partial charge in [0.05, 0.1) is 11.8 Å². The number of nitrogens with zero attached hydrogens (tertiary/aromatic N) is 2. The Hall–Kier alpha value is -3.72.